The van der Waals surface area contributed by atoms with Gasteiger partial charge in [0.2, 0.25) is 0 Å². The fourth-order valence-corrected chi connectivity index (χ4v) is 2.34. The van der Waals surface area contributed by atoms with E-state index >= 15 is 0 Å². The molecule has 0 aromatic heterocycles. The van der Waals surface area contributed by atoms with E-state index in [2.05, 4.69) is 0 Å². The van der Waals surface area contributed by atoms with Crippen molar-refractivity contribution in [3.63, 3.8) is 0 Å². The molecule has 0 spiro atoms. The van der Waals surface area contributed by atoms with Crippen molar-refractivity contribution in [2.75, 3.05) is 19.6 Å². The third-order valence-corrected chi connectivity index (χ3v) is 3.48. The summed E-state index contributed by atoms with van der Waals surface area (Å²) in [5.74, 6) is -2.01. The molecule has 0 aliphatic carbocycles. The zero-order valence-electron chi connectivity index (χ0n) is 7.86. The Hall–Kier alpha value is -0.870. The molecule has 0 saturated carbocycles. The van der Waals surface area contributed by atoms with Crippen molar-refractivity contribution in [3.8, 4) is 0 Å². The Morgan fingerprint density at radius 1 is 1.44 bits per heavy atom. The van der Waals surface area contributed by atoms with E-state index in [-0.39, 0.29) is 13.1 Å². The minimum Gasteiger partial charge on any atom is -0.481 e. The molecule has 1 saturated heterocycles. The molecule has 0 bridgehead atoms. The van der Waals surface area contributed by atoms with Gasteiger partial charge in [-0.15, -0.1) is 0 Å². The van der Waals surface area contributed by atoms with Crippen LogP contribution in [0, 0.1) is 5.92 Å². The molecule has 0 aromatic carbocycles. The normalized spacial score (nSPS) is 19.4. The minimum atomic E-state index is -4.63. The van der Waals surface area contributed by atoms with Gasteiger partial charge in [0.25, 0.3) is 10.2 Å². The van der Waals surface area contributed by atoms with Crippen LogP contribution < -0.4 is 4.72 Å². The maximum absolute atomic E-state index is 11.7. The molecule has 6 nitrogen and oxygen atoms in total. The van der Waals surface area contributed by atoms with Crippen LogP contribution in [0.3, 0.4) is 0 Å². The Kier molecular flexibility index (Phi) is 3.45. The van der Waals surface area contributed by atoms with Crippen LogP contribution in [-0.4, -0.2) is 49.6 Å². The van der Waals surface area contributed by atoms with Crippen molar-refractivity contribution in [1.29, 1.82) is 0 Å². The monoisotopic (exact) mass is 262 g/mol. The highest BCUT2D eigenvalue weighted by atomic mass is 32.2. The largest absolute Gasteiger partial charge is 0.481 e. The molecule has 1 aliphatic heterocycles. The van der Waals surface area contributed by atoms with Crippen LogP contribution in [0.15, 0.2) is 0 Å². The third-order valence-electron chi connectivity index (χ3n) is 1.99. The molecule has 1 rings (SSSR count). The number of carboxylic acids is 1. The predicted molar refractivity (Wildman–Crippen MR) is 45.7 cm³/mol. The van der Waals surface area contributed by atoms with Crippen LogP contribution in [0.1, 0.15) is 0 Å². The first-order valence-corrected chi connectivity index (χ1v) is 5.60. The number of carbonyl (C=O) groups is 1. The van der Waals surface area contributed by atoms with Gasteiger partial charge >= 0.3 is 12.1 Å². The summed E-state index contributed by atoms with van der Waals surface area (Å²) in [4.78, 5) is 10.3. The Balaban J connectivity index is 2.46. The summed E-state index contributed by atoms with van der Waals surface area (Å²) < 4.78 is 59.5. The van der Waals surface area contributed by atoms with Gasteiger partial charge in [-0.2, -0.15) is 30.6 Å². The third kappa shape index (κ3) is 3.32. The molecule has 1 fully saturated rings. The molecule has 0 unspecified atom stereocenters. The molecule has 94 valence electrons. The first kappa shape index (κ1) is 13.2. The maximum atomic E-state index is 11.7. The fraction of sp³-hybridized carbons (Fsp3) is 0.833. The highest BCUT2D eigenvalue weighted by Crippen LogP contribution is 2.20. The lowest BCUT2D eigenvalue weighted by molar-refractivity contribution is -0.145. The van der Waals surface area contributed by atoms with E-state index in [4.69, 9.17) is 5.11 Å². The SMILES string of the molecule is O=C(O)C1CN(S(=O)(=O)NCC(F)(F)F)C1. The Bertz CT molecular complexity index is 374. The van der Waals surface area contributed by atoms with Gasteiger partial charge in [-0.25, -0.2) is 0 Å². The molecule has 10 heteroatoms. The Morgan fingerprint density at radius 3 is 2.31 bits per heavy atom. The summed E-state index contributed by atoms with van der Waals surface area (Å²) in [6, 6.07) is 0. The molecule has 0 atom stereocenters. The molecule has 0 radical (unpaired) electrons. The summed E-state index contributed by atoms with van der Waals surface area (Å²) >= 11 is 0. The van der Waals surface area contributed by atoms with Crippen LogP contribution in [0.4, 0.5) is 13.2 Å². The van der Waals surface area contributed by atoms with Crippen LogP contribution in [0.5, 0.6) is 0 Å². The Labute approximate surface area is 89.2 Å². The number of hydrogen-bond acceptors (Lipinski definition) is 3. The van der Waals surface area contributed by atoms with E-state index < -0.39 is 34.8 Å². The van der Waals surface area contributed by atoms with Crippen LogP contribution in [0.2, 0.25) is 0 Å². The second-order valence-corrected chi connectivity index (χ2v) is 5.05. The number of alkyl halides is 3. The summed E-state index contributed by atoms with van der Waals surface area (Å²) in [5, 5.41) is 8.45. The van der Waals surface area contributed by atoms with E-state index in [0.29, 0.717) is 4.31 Å². The van der Waals surface area contributed by atoms with Gasteiger partial charge in [-0.1, -0.05) is 0 Å². The standard InChI is InChI=1S/C6H9F3N2O4S/c7-6(8,9)3-10-16(14,15)11-1-4(2-11)5(12)13/h4,10H,1-3H2,(H,12,13). The van der Waals surface area contributed by atoms with E-state index in [0.717, 1.165) is 0 Å². The lowest BCUT2D eigenvalue weighted by Crippen LogP contribution is -2.57. The van der Waals surface area contributed by atoms with Crippen molar-refractivity contribution in [3.05, 3.63) is 0 Å². The number of rotatable bonds is 4. The van der Waals surface area contributed by atoms with Gasteiger partial charge in [-0.3, -0.25) is 4.79 Å². The zero-order chi connectivity index (χ0) is 12.6. The van der Waals surface area contributed by atoms with Crippen molar-refractivity contribution < 1.29 is 31.5 Å². The zero-order valence-corrected chi connectivity index (χ0v) is 8.68. The second kappa shape index (κ2) is 4.18. The van der Waals surface area contributed by atoms with Gasteiger partial charge in [-0.05, 0) is 0 Å². The molecule has 0 amide bonds. The lowest BCUT2D eigenvalue weighted by atomic mass is 10.0. The topological polar surface area (TPSA) is 86.7 Å². The molecular formula is C6H9F3N2O4S. The highest BCUT2D eigenvalue weighted by Gasteiger charge is 2.41. The number of carboxylic acid groups (broad SMARTS) is 1. The minimum absolute atomic E-state index is 0.303. The first-order valence-electron chi connectivity index (χ1n) is 4.16. The predicted octanol–water partition coefficient (Wildman–Crippen LogP) is -0.601. The maximum Gasteiger partial charge on any atom is 0.402 e. The molecule has 0 aromatic rings. The molecule has 16 heavy (non-hydrogen) atoms. The van der Waals surface area contributed by atoms with Gasteiger partial charge in [0.15, 0.2) is 0 Å². The van der Waals surface area contributed by atoms with Crippen molar-refractivity contribution in [2.24, 2.45) is 5.92 Å². The van der Waals surface area contributed by atoms with Crippen LogP contribution in [-0.2, 0) is 15.0 Å². The van der Waals surface area contributed by atoms with Gasteiger partial charge in [0.1, 0.15) is 6.54 Å². The van der Waals surface area contributed by atoms with E-state index in [9.17, 15) is 26.4 Å². The van der Waals surface area contributed by atoms with E-state index in [1.807, 2.05) is 0 Å². The van der Waals surface area contributed by atoms with Crippen LogP contribution >= 0.6 is 0 Å². The quantitative estimate of drug-likeness (QED) is 0.708. The summed E-state index contributed by atoms with van der Waals surface area (Å²) in [6.07, 6.45) is -4.63. The molecule has 2 N–H and O–H groups in total. The lowest BCUT2D eigenvalue weighted by Gasteiger charge is -2.35. The van der Waals surface area contributed by atoms with E-state index in [1.54, 1.807) is 0 Å². The van der Waals surface area contributed by atoms with Gasteiger partial charge < -0.3 is 5.11 Å². The summed E-state index contributed by atoms with van der Waals surface area (Å²) in [6.45, 7) is -2.27. The van der Waals surface area contributed by atoms with Crippen molar-refractivity contribution in [1.82, 2.24) is 9.03 Å². The summed E-state index contributed by atoms with van der Waals surface area (Å²) in [5.41, 5.74) is 0. The fourth-order valence-electron chi connectivity index (χ4n) is 1.05. The highest BCUT2D eigenvalue weighted by molar-refractivity contribution is 7.87. The number of nitrogens with zero attached hydrogens (tertiary/aromatic N) is 1. The van der Waals surface area contributed by atoms with Gasteiger partial charge in [0.05, 0.1) is 5.92 Å². The molecule has 1 aliphatic rings. The smallest absolute Gasteiger partial charge is 0.402 e. The van der Waals surface area contributed by atoms with Crippen LogP contribution in [0.25, 0.3) is 0 Å². The molecular weight excluding hydrogens is 253 g/mol. The molecule has 1 heterocycles. The number of halogens is 3. The summed E-state index contributed by atoms with van der Waals surface area (Å²) in [7, 11) is -4.22. The first-order chi connectivity index (χ1) is 7.12. The average molecular weight is 262 g/mol. The number of aliphatic carboxylic acids is 1. The van der Waals surface area contributed by atoms with E-state index in [1.165, 1.54) is 4.72 Å². The Morgan fingerprint density at radius 2 is 1.94 bits per heavy atom. The average Bonchev–Trinajstić information content (AvgIpc) is 1.95. The van der Waals surface area contributed by atoms with Gasteiger partial charge in [0, 0.05) is 13.1 Å². The number of nitrogens with one attached hydrogen (secondary N) is 1. The van der Waals surface area contributed by atoms with Crippen molar-refractivity contribution in [2.45, 2.75) is 6.18 Å². The second-order valence-electron chi connectivity index (χ2n) is 3.29. The van der Waals surface area contributed by atoms with Crippen molar-refractivity contribution >= 4 is 16.2 Å². The number of hydrogen-bond donors (Lipinski definition) is 2.